The summed E-state index contributed by atoms with van der Waals surface area (Å²) in [5, 5.41) is 20.2. The molecule has 1 aromatic carbocycles. The third-order valence-electron chi connectivity index (χ3n) is 2.29. The van der Waals surface area contributed by atoms with Crippen LogP contribution in [0.25, 0.3) is 0 Å². The molecular weight excluding hydrogens is 226 g/mol. The van der Waals surface area contributed by atoms with Crippen LogP contribution in [0, 0.1) is 10.1 Å². The molecule has 0 aromatic heterocycles. The first-order valence-electron chi connectivity index (χ1n) is 5.02. The van der Waals surface area contributed by atoms with Crippen molar-refractivity contribution in [1.82, 2.24) is 0 Å². The molecule has 6 nitrogen and oxygen atoms in total. The second-order valence-electron chi connectivity index (χ2n) is 4.13. The molecule has 1 rings (SSSR count). The molecule has 0 unspecified atom stereocenters. The van der Waals surface area contributed by atoms with Crippen molar-refractivity contribution < 1.29 is 19.5 Å². The third-order valence-corrected chi connectivity index (χ3v) is 2.29. The summed E-state index contributed by atoms with van der Waals surface area (Å²) in [5.41, 5.74) is -0.987. The van der Waals surface area contributed by atoms with E-state index in [9.17, 15) is 15.2 Å². The van der Waals surface area contributed by atoms with Gasteiger partial charge in [-0.1, -0.05) is 6.07 Å². The van der Waals surface area contributed by atoms with E-state index in [1.54, 1.807) is 13.8 Å². The van der Waals surface area contributed by atoms with Gasteiger partial charge in [0.15, 0.2) is 5.75 Å². The van der Waals surface area contributed by atoms with Gasteiger partial charge in [-0.25, -0.2) is 0 Å². The molecule has 0 radical (unpaired) electrons. The Morgan fingerprint density at radius 1 is 1.47 bits per heavy atom. The molecule has 1 N–H and O–H groups in total. The number of hydrogen-bond acceptors (Lipinski definition) is 5. The summed E-state index contributed by atoms with van der Waals surface area (Å²) in [5.74, 6) is -0.386. The number of ether oxygens (including phenoxy) is 2. The summed E-state index contributed by atoms with van der Waals surface area (Å²) >= 11 is 0. The summed E-state index contributed by atoms with van der Waals surface area (Å²) in [6.07, 6.45) is 0. The van der Waals surface area contributed by atoms with Gasteiger partial charge in [0.05, 0.1) is 10.5 Å². The number of benzene rings is 1. The van der Waals surface area contributed by atoms with Gasteiger partial charge in [-0.05, 0) is 26.0 Å². The lowest BCUT2D eigenvalue weighted by Crippen LogP contribution is -2.30. The highest BCUT2D eigenvalue weighted by atomic mass is 16.6. The normalized spacial score (nSPS) is 11.2. The van der Waals surface area contributed by atoms with Crippen molar-refractivity contribution in [2.24, 2.45) is 0 Å². The van der Waals surface area contributed by atoms with Crippen molar-refractivity contribution in [3.8, 4) is 11.5 Å². The lowest BCUT2D eigenvalue weighted by molar-refractivity contribution is -0.387. The molecular formula is C11H15NO5. The number of nitro benzene ring substituents is 1. The molecule has 0 amide bonds. The Morgan fingerprint density at radius 3 is 2.65 bits per heavy atom. The van der Waals surface area contributed by atoms with Gasteiger partial charge in [-0.15, -0.1) is 0 Å². The van der Waals surface area contributed by atoms with E-state index in [1.165, 1.54) is 25.3 Å². The lowest BCUT2D eigenvalue weighted by atomic mass is 10.1. The van der Waals surface area contributed by atoms with E-state index in [1.807, 2.05) is 0 Å². The van der Waals surface area contributed by atoms with Crippen molar-refractivity contribution in [1.29, 1.82) is 0 Å². The van der Waals surface area contributed by atoms with E-state index in [2.05, 4.69) is 0 Å². The predicted molar refractivity (Wildman–Crippen MR) is 61.3 cm³/mol. The number of rotatable bonds is 5. The highest BCUT2D eigenvalue weighted by molar-refractivity contribution is 5.56. The first-order valence-corrected chi connectivity index (χ1v) is 5.02. The van der Waals surface area contributed by atoms with Crippen LogP contribution in [-0.2, 0) is 4.74 Å². The molecule has 1 aromatic rings. The third kappa shape index (κ3) is 3.32. The van der Waals surface area contributed by atoms with Gasteiger partial charge < -0.3 is 14.6 Å². The summed E-state index contributed by atoms with van der Waals surface area (Å²) in [4.78, 5) is 10.1. The number of hydrogen-bond donors (Lipinski definition) is 1. The molecule has 0 spiro atoms. The Morgan fingerprint density at radius 2 is 2.12 bits per heavy atom. The first-order chi connectivity index (χ1) is 7.87. The predicted octanol–water partition coefficient (Wildman–Crippen LogP) is 2.10. The average molecular weight is 241 g/mol. The maximum absolute atomic E-state index is 10.8. The number of methoxy groups -OCH3 is 1. The number of phenols is 1. The van der Waals surface area contributed by atoms with Crippen molar-refractivity contribution in [2.45, 2.75) is 19.4 Å². The molecule has 0 saturated heterocycles. The fourth-order valence-corrected chi connectivity index (χ4v) is 1.12. The van der Waals surface area contributed by atoms with Gasteiger partial charge in [0.2, 0.25) is 5.75 Å². The van der Waals surface area contributed by atoms with Crippen molar-refractivity contribution in [2.75, 3.05) is 13.7 Å². The van der Waals surface area contributed by atoms with Gasteiger partial charge in [-0.3, -0.25) is 10.1 Å². The second-order valence-corrected chi connectivity index (χ2v) is 4.13. The van der Waals surface area contributed by atoms with Gasteiger partial charge in [-0.2, -0.15) is 0 Å². The summed E-state index contributed by atoms with van der Waals surface area (Å²) in [6.45, 7) is 3.73. The van der Waals surface area contributed by atoms with Crippen LogP contribution in [-0.4, -0.2) is 29.3 Å². The number of nitro groups is 1. The van der Waals surface area contributed by atoms with Crippen LogP contribution < -0.4 is 4.74 Å². The van der Waals surface area contributed by atoms with E-state index in [-0.39, 0.29) is 12.4 Å². The first kappa shape index (κ1) is 13.2. The minimum atomic E-state index is -0.676. The standard InChI is InChI=1S/C11H15NO5/c1-11(2,16-3)7-17-9-6-4-5-8(13)10(9)12(14)15/h4-6,13H,7H2,1-3H3. The molecule has 0 heterocycles. The summed E-state index contributed by atoms with van der Waals surface area (Å²) in [7, 11) is 1.53. The largest absolute Gasteiger partial charge is 0.502 e. The van der Waals surface area contributed by atoms with E-state index in [0.29, 0.717) is 0 Å². The highest BCUT2D eigenvalue weighted by Crippen LogP contribution is 2.35. The van der Waals surface area contributed by atoms with Crippen LogP contribution in [0.3, 0.4) is 0 Å². The molecule has 0 fully saturated rings. The van der Waals surface area contributed by atoms with Crippen LogP contribution in [0.4, 0.5) is 5.69 Å². The quantitative estimate of drug-likeness (QED) is 0.630. The van der Waals surface area contributed by atoms with E-state index in [4.69, 9.17) is 9.47 Å². The Balaban J connectivity index is 2.92. The van der Waals surface area contributed by atoms with Crippen molar-refractivity contribution in [3.63, 3.8) is 0 Å². The Labute approximate surface area is 98.9 Å². The maximum Gasteiger partial charge on any atom is 0.352 e. The second kappa shape index (κ2) is 5.01. The van der Waals surface area contributed by atoms with Gasteiger partial charge in [0.25, 0.3) is 0 Å². The summed E-state index contributed by atoms with van der Waals surface area (Å²) < 4.78 is 10.4. The van der Waals surface area contributed by atoms with Gasteiger partial charge >= 0.3 is 5.69 Å². The molecule has 0 bridgehead atoms. The fourth-order valence-electron chi connectivity index (χ4n) is 1.12. The van der Waals surface area contributed by atoms with Crippen LogP contribution in [0.15, 0.2) is 18.2 Å². The molecule has 0 saturated carbocycles. The van der Waals surface area contributed by atoms with E-state index < -0.39 is 22.0 Å². The Bertz CT molecular complexity index is 416. The topological polar surface area (TPSA) is 81.8 Å². The van der Waals surface area contributed by atoms with Crippen LogP contribution in [0.5, 0.6) is 11.5 Å². The number of phenolic OH excluding ortho intramolecular Hbond substituents is 1. The maximum atomic E-state index is 10.8. The number of para-hydroxylation sites is 1. The minimum absolute atomic E-state index is 0.0279. The summed E-state index contributed by atoms with van der Waals surface area (Å²) in [6, 6.07) is 4.16. The smallest absolute Gasteiger partial charge is 0.352 e. The van der Waals surface area contributed by atoms with Crippen molar-refractivity contribution >= 4 is 5.69 Å². The zero-order chi connectivity index (χ0) is 13.1. The zero-order valence-corrected chi connectivity index (χ0v) is 9.97. The van der Waals surface area contributed by atoms with E-state index >= 15 is 0 Å². The molecule has 6 heteroatoms. The molecule has 94 valence electrons. The molecule has 0 atom stereocenters. The van der Waals surface area contributed by atoms with Crippen molar-refractivity contribution in [3.05, 3.63) is 28.3 Å². The zero-order valence-electron chi connectivity index (χ0n) is 9.97. The number of aromatic hydroxyl groups is 1. The van der Waals surface area contributed by atoms with Crippen LogP contribution in [0.1, 0.15) is 13.8 Å². The van der Waals surface area contributed by atoms with E-state index in [0.717, 1.165) is 0 Å². The highest BCUT2D eigenvalue weighted by Gasteiger charge is 2.24. The van der Waals surface area contributed by atoms with Crippen LogP contribution in [0.2, 0.25) is 0 Å². The molecule has 0 aliphatic rings. The van der Waals surface area contributed by atoms with Gasteiger partial charge in [0, 0.05) is 7.11 Å². The Kier molecular flexibility index (Phi) is 3.90. The van der Waals surface area contributed by atoms with Gasteiger partial charge in [0.1, 0.15) is 6.61 Å². The van der Waals surface area contributed by atoms with Crippen LogP contribution >= 0.6 is 0 Å². The minimum Gasteiger partial charge on any atom is -0.502 e. The lowest BCUT2D eigenvalue weighted by Gasteiger charge is -2.22. The Hall–Kier alpha value is -1.82. The fraction of sp³-hybridized carbons (Fsp3) is 0.455. The molecule has 0 aliphatic carbocycles. The number of nitrogens with zero attached hydrogens (tertiary/aromatic N) is 1. The molecule has 17 heavy (non-hydrogen) atoms. The SMILES string of the molecule is COC(C)(C)COc1cccc(O)c1[N+](=O)[O-]. The molecule has 0 aliphatic heterocycles. The average Bonchev–Trinajstić information content (AvgIpc) is 2.26. The monoisotopic (exact) mass is 241 g/mol.